The normalized spacial score (nSPS) is 26.1. The van der Waals surface area contributed by atoms with Crippen LogP contribution in [0.25, 0.3) is 18.2 Å². The standard InChI is InChI=1S/C42H46O20/c1-54-28-16-22(4-10-25(28)45)7-13-33(48)57-20-32-37(52)40(60-35(50)15-9-24-6-12-27(47)30(18-24)56-3)42(21-44,61-32)62-41-39(38(53)36(51)31(19-43)58-41)59-34(49)14-8-23-5-11-26(46)29(17-23)55-2/h4-18,31-32,36-41,43-47,51-53H,19-21H2,1-3H3/b13-7+,14-8+,15-9+/t31-,32-,36-,37-,38+,39-,40+,41-,42+/m1/s1. The number of phenolic OH excluding ortho intramolecular Hbond substituents is 3. The Labute approximate surface area is 353 Å². The highest BCUT2D eigenvalue weighted by Gasteiger charge is 2.61. The van der Waals surface area contributed by atoms with Gasteiger partial charge in [0.15, 0.2) is 46.7 Å². The van der Waals surface area contributed by atoms with E-state index in [2.05, 4.69) is 0 Å². The van der Waals surface area contributed by atoms with Gasteiger partial charge < -0.3 is 83.5 Å². The van der Waals surface area contributed by atoms with Crippen LogP contribution in [0.2, 0.25) is 0 Å². The Hall–Kier alpha value is -6.23. The molecule has 2 fully saturated rings. The van der Waals surface area contributed by atoms with Crippen molar-refractivity contribution in [2.75, 3.05) is 41.2 Å². The van der Waals surface area contributed by atoms with Crippen LogP contribution >= 0.6 is 0 Å². The van der Waals surface area contributed by atoms with E-state index in [1.54, 1.807) is 0 Å². The molecule has 62 heavy (non-hydrogen) atoms. The molecule has 3 aromatic carbocycles. The zero-order valence-corrected chi connectivity index (χ0v) is 33.4. The summed E-state index contributed by atoms with van der Waals surface area (Å²) >= 11 is 0. The predicted molar refractivity (Wildman–Crippen MR) is 211 cm³/mol. The van der Waals surface area contributed by atoms with Crippen LogP contribution in [0.4, 0.5) is 0 Å². The first kappa shape index (κ1) is 46.8. The molecule has 20 nitrogen and oxygen atoms in total. The highest BCUT2D eigenvalue weighted by Crippen LogP contribution is 2.39. The molecule has 0 aliphatic carbocycles. The Balaban J connectivity index is 1.41. The lowest BCUT2D eigenvalue weighted by Gasteiger charge is -2.44. The number of rotatable bonds is 17. The summed E-state index contributed by atoms with van der Waals surface area (Å²) in [7, 11) is 3.98. The minimum absolute atomic E-state index is 0.0927. The molecule has 2 saturated heterocycles. The van der Waals surface area contributed by atoms with E-state index < -0.39 is 92.5 Å². The SMILES string of the molecule is COc1cc(/C=C/C(=O)OC[C@H]2O[C@@](CO)(O[C@H]3O[C@H](CO)[C@@H](O)[C@H](O)[C@H]3OC(=O)/C=C/c3ccc(O)c(OC)c3)[C@@H](OC(=O)/C=C/c3ccc(O)c(OC)c3)[C@@H]2O)ccc1O. The van der Waals surface area contributed by atoms with Crippen molar-refractivity contribution in [3.05, 3.63) is 89.5 Å². The number of hydrogen-bond acceptors (Lipinski definition) is 20. The molecule has 0 unspecified atom stereocenters. The summed E-state index contributed by atoms with van der Waals surface area (Å²) in [6.45, 7) is -2.87. The number of aromatic hydroxyl groups is 3. The van der Waals surface area contributed by atoms with Crippen LogP contribution in [-0.2, 0) is 42.8 Å². The lowest BCUT2D eigenvalue weighted by molar-refractivity contribution is -0.383. The van der Waals surface area contributed by atoms with E-state index in [4.69, 9.17) is 42.6 Å². The Morgan fingerprint density at radius 3 is 1.56 bits per heavy atom. The third kappa shape index (κ3) is 11.2. The molecule has 0 amide bonds. The van der Waals surface area contributed by atoms with Gasteiger partial charge in [-0.3, -0.25) is 0 Å². The number of ether oxygens (including phenoxy) is 9. The van der Waals surface area contributed by atoms with Crippen LogP contribution in [0.1, 0.15) is 16.7 Å². The molecular formula is C42H46O20. The minimum Gasteiger partial charge on any atom is -0.504 e. The van der Waals surface area contributed by atoms with Crippen molar-refractivity contribution in [3.8, 4) is 34.5 Å². The molecule has 2 aliphatic rings. The fourth-order valence-corrected chi connectivity index (χ4v) is 6.31. The number of aliphatic hydroxyl groups excluding tert-OH is 5. The molecule has 0 spiro atoms. The van der Waals surface area contributed by atoms with Gasteiger partial charge in [-0.2, -0.15) is 0 Å². The average molecular weight is 871 g/mol. The fraction of sp³-hybridized carbons (Fsp3) is 0.357. The van der Waals surface area contributed by atoms with Crippen LogP contribution in [-0.4, -0.2) is 155 Å². The molecule has 20 heteroatoms. The van der Waals surface area contributed by atoms with Crippen LogP contribution in [0.3, 0.4) is 0 Å². The van der Waals surface area contributed by atoms with E-state index in [0.717, 1.165) is 18.2 Å². The second-order valence-electron chi connectivity index (χ2n) is 13.6. The Morgan fingerprint density at radius 2 is 1.11 bits per heavy atom. The number of carbonyl (C=O) groups excluding carboxylic acids is 3. The van der Waals surface area contributed by atoms with Gasteiger partial charge in [0.25, 0.3) is 0 Å². The van der Waals surface area contributed by atoms with Crippen LogP contribution in [0.5, 0.6) is 34.5 Å². The van der Waals surface area contributed by atoms with Gasteiger partial charge in [-0.25, -0.2) is 14.4 Å². The number of esters is 3. The molecule has 9 atom stereocenters. The first-order chi connectivity index (χ1) is 29.6. The second kappa shape index (κ2) is 21.0. The van der Waals surface area contributed by atoms with E-state index in [1.807, 2.05) is 0 Å². The molecule has 0 radical (unpaired) electrons. The van der Waals surface area contributed by atoms with Gasteiger partial charge in [0.2, 0.25) is 12.1 Å². The number of phenols is 3. The molecule has 8 N–H and O–H groups in total. The maximum absolute atomic E-state index is 13.3. The minimum atomic E-state index is -2.64. The first-order valence-electron chi connectivity index (χ1n) is 18.7. The molecule has 5 rings (SSSR count). The van der Waals surface area contributed by atoms with Crippen molar-refractivity contribution in [1.82, 2.24) is 0 Å². The maximum atomic E-state index is 13.3. The van der Waals surface area contributed by atoms with Crippen LogP contribution in [0.15, 0.2) is 72.8 Å². The largest absolute Gasteiger partial charge is 0.504 e. The summed E-state index contributed by atoms with van der Waals surface area (Å²) in [5.74, 6) is -5.99. The molecule has 0 bridgehead atoms. The molecule has 0 aromatic heterocycles. The van der Waals surface area contributed by atoms with E-state index >= 15 is 0 Å². The van der Waals surface area contributed by atoms with Gasteiger partial charge in [0, 0.05) is 18.2 Å². The summed E-state index contributed by atoms with van der Waals surface area (Å²) in [6.07, 6.45) is -8.16. The van der Waals surface area contributed by atoms with E-state index in [-0.39, 0.29) is 34.5 Å². The van der Waals surface area contributed by atoms with Gasteiger partial charge in [0.05, 0.1) is 27.9 Å². The molecule has 2 aliphatic heterocycles. The van der Waals surface area contributed by atoms with Gasteiger partial charge >= 0.3 is 17.9 Å². The van der Waals surface area contributed by atoms with Gasteiger partial charge in [0.1, 0.15) is 43.7 Å². The quantitative estimate of drug-likeness (QED) is 0.0522. The average Bonchev–Trinajstić information content (AvgIpc) is 3.53. The van der Waals surface area contributed by atoms with Crippen molar-refractivity contribution >= 4 is 36.1 Å². The second-order valence-corrected chi connectivity index (χ2v) is 13.6. The van der Waals surface area contributed by atoms with E-state index in [0.29, 0.717) is 16.7 Å². The Morgan fingerprint density at radius 1 is 0.645 bits per heavy atom. The summed E-state index contributed by atoms with van der Waals surface area (Å²) in [4.78, 5) is 39.2. The van der Waals surface area contributed by atoms with Crippen molar-refractivity contribution in [3.63, 3.8) is 0 Å². The predicted octanol–water partition coefficient (Wildman–Crippen LogP) is 0.540. The molecule has 2 heterocycles. The summed E-state index contributed by atoms with van der Waals surface area (Å²) in [6, 6.07) is 12.6. The van der Waals surface area contributed by atoms with Crippen molar-refractivity contribution in [2.45, 2.75) is 54.8 Å². The van der Waals surface area contributed by atoms with Crippen molar-refractivity contribution in [2.24, 2.45) is 0 Å². The van der Waals surface area contributed by atoms with E-state index in [9.17, 15) is 55.2 Å². The van der Waals surface area contributed by atoms with Crippen molar-refractivity contribution < 1.29 is 97.9 Å². The smallest absolute Gasteiger partial charge is 0.331 e. The third-order valence-corrected chi connectivity index (χ3v) is 9.57. The van der Waals surface area contributed by atoms with Crippen LogP contribution in [0, 0.1) is 0 Å². The maximum Gasteiger partial charge on any atom is 0.331 e. The monoisotopic (exact) mass is 870 g/mol. The fourth-order valence-electron chi connectivity index (χ4n) is 6.31. The Bertz CT molecular complexity index is 2130. The van der Waals surface area contributed by atoms with E-state index in [1.165, 1.54) is 94.2 Å². The lowest BCUT2D eigenvalue weighted by Crippen LogP contribution is -2.64. The number of aliphatic hydroxyl groups is 5. The number of carbonyl (C=O) groups is 3. The topological polar surface area (TPSA) is 296 Å². The number of hydrogen-bond donors (Lipinski definition) is 8. The summed E-state index contributed by atoms with van der Waals surface area (Å²) < 4.78 is 49.1. The van der Waals surface area contributed by atoms with Gasteiger partial charge in [-0.05, 0) is 71.3 Å². The number of benzene rings is 3. The zero-order chi connectivity index (χ0) is 45.1. The molecule has 334 valence electrons. The third-order valence-electron chi connectivity index (χ3n) is 9.57. The van der Waals surface area contributed by atoms with Crippen molar-refractivity contribution in [1.29, 1.82) is 0 Å². The molecular weight excluding hydrogens is 824 g/mol. The van der Waals surface area contributed by atoms with Gasteiger partial charge in [-0.15, -0.1) is 0 Å². The zero-order valence-electron chi connectivity index (χ0n) is 33.4. The summed E-state index contributed by atoms with van der Waals surface area (Å²) in [5.41, 5.74) is 1.19. The highest BCUT2D eigenvalue weighted by molar-refractivity contribution is 5.88. The first-order valence-corrected chi connectivity index (χ1v) is 18.7. The highest BCUT2D eigenvalue weighted by atomic mass is 16.8. The molecule has 3 aromatic rings. The lowest BCUT2D eigenvalue weighted by atomic mass is 9.98. The molecule has 0 saturated carbocycles. The van der Waals surface area contributed by atoms with Crippen LogP contribution < -0.4 is 14.2 Å². The summed E-state index contributed by atoms with van der Waals surface area (Å²) in [5, 5.41) is 83.9. The number of methoxy groups -OCH3 is 3. The Kier molecular flexibility index (Phi) is 15.9. The van der Waals surface area contributed by atoms with Gasteiger partial charge in [-0.1, -0.05) is 18.2 Å².